The van der Waals surface area contributed by atoms with E-state index in [1.54, 1.807) is 14.2 Å². The average Bonchev–Trinajstić information content (AvgIpc) is 2.79. The van der Waals surface area contributed by atoms with Gasteiger partial charge >= 0.3 is 0 Å². The topological polar surface area (TPSA) is 60.6 Å². The minimum Gasteiger partial charge on any atom is -0.497 e. The molecule has 0 saturated carbocycles. The van der Waals surface area contributed by atoms with Crippen LogP contribution < -0.4 is 9.47 Å². The first-order chi connectivity index (χ1) is 9.82. The molecule has 0 amide bonds. The van der Waals surface area contributed by atoms with Gasteiger partial charge in [-0.25, -0.2) is 0 Å². The van der Waals surface area contributed by atoms with Crippen molar-refractivity contribution in [3.8, 4) is 11.5 Å². The monoisotopic (exact) mass is 405 g/mol. The van der Waals surface area contributed by atoms with Crippen molar-refractivity contribution >= 4 is 40.0 Å². The van der Waals surface area contributed by atoms with E-state index in [1.807, 2.05) is 39.1 Å². The summed E-state index contributed by atoms with van der Waals surface area (Å²) in [7, 11) is 3.31. The van der Waals surface area contributed by atoms with Gasteiger partial charge in [-0.2, -0.15) is 0 Å². The van der Waals surface area contributed by atoms with Crippen molar-refractivity contribution < 1.29 is 19.0 Å². The minimum atomic E-state index is -0.318. The molecule has 2 aromatic rings. The van der Waals surface area contributed by atoms with Gasteiger partial charge in [-0.1, -0.05) is 0 Å². The maximum atomic E-state index is 9.60. The molecule has 0 aliphatic heterocycles. The number of carbonyl (C=O) groups excluding carboxylic acids is 1. The van der Waals surface area contributed by atoms with Gasteiger partial charge in [0.05, 0.1) is 19.7 Å². The summed E-state index contributed by atoms with van der Waals surface area (Å²) in [5, 5.41) is 1.13. The van der Waals surface area contributed by atoms with Gasteiger partial charge in [0.2, 0.25) is 0 Å². The lowest BCUT2D eigenvalue weighted by molar-refractivity contribution is -0.138. The number of ether oxygens (including phenoxy) is 3. The second kappa shape index (κ2) is 7.53. The number of hydrogen-bond donors (Lipinski definition) is 1. The van der Waals surface area contributed by atoms with Gasteiger partial charge in [0, 0.05) is 21.2 Å². The molecule has 0 spiro atoms. The summed E-state index contributed by atoms with van der Waals surface area (Å²) in [6, 6.07) is 3.87. The summed E-state index contributed by atoms with van der Waals surface area (Å²) in [6.45, 7) is 5.92. The first-order valence-electron chi connectivity index (χ1n) is 6.32. The van der Waals surface area contributed by atoms with Crippen molar-refractivity contribution in [1.29, 1.82) is 0 Å². The molecule has 0 bridgehead atoms. The van der Waals surface area contributed by atoms with E-state index in [9.17, 15) is 4.79 Å². The first-order valence-corrected chi connectivity index (χ1v) is 7.40. The molecule has 1 heterocycles. The predicted octanol–water partition coefficient (Wildman–Crippen LogP) is 3.75. The Morgan fingerprint density at radius 1 is 1.19 bits per heavy atom. The van der Waals surface area contributed by atoms with Crippen LogP contribution in [0.1, 0.15) is 20.8 Å². The lowest BCUT2D eigenvalue weighted by Gasteiger charge is -2.14. The van der Waals surface area contributed by atoms with Gasteiger partial charge < -0.3 is 19.2 Å². The smallest absolute Gasteiger partial charge is 0.293 e. The highest BCUT2D eigenvalue weighted by molar-refractivity contribution is 14.1. The number of methoxy groups -OCH3 is 2. The lowest BCUT2D eigenvalue weighted by atomic mass is 10.2. The zero-order chi connectivity index (χ0) is 16.0. The quantitative estimate of drug-likeness (QED) is 0.624. The fourth-order valence-corrected chi connectivity index (χ4v) is 2.14. The number of fused-ring (bicyclic) bond motifs is 1. The summed E-state index contributed by atoms with van der Waals surface area (Å²) < 4.78 is 16.2. The van der Waals surface area contributed by atoms with Crippen LogP contribution in [0.25, 0.3) is 10.9 Å². The highest BCUT2D eigenvalue weighted by Crippen LogP contribution is 2.32. The van der Waals surface area contributed by atoms with Gasteiger partial charge in [0.15, 0.2) is 0 Å². The molecule has 21 heavy (non-hydrogen) atoms. The predicted molar refractivity (Wildman–Crippen MR) is 91.0 cm³/mol. The Labute approximate surface area is 138 Å². The Balaban J connectivity index is 0.000000270. The molecular formula is C15H20INO4. The van der Waals surface area contributed by atoms with Gasteiger partial charge in [0.1, 0.15) is 17.1 Å². The second-order valence-corrected chi connectivity index (χ2v) is 6.38. The number of rotatable bonds is 3. The molecule has 5 nitrogen and oxygen atoms in total. The molecule has 116 valence electrons. The SMILES string of the molecule is CC(C)(C)OC=O.COc1cc(OC)c2[nH]cc(I)c2c1. The number of aromatic amines is 1. The zero-order valence-electron chi connectivity index (χ0n) is 12.8. The van der Waals surface area contributed by atoms with Crippen LogP contribution in [0.5, 0.6) is 11.5 Å². The largest absolute Gasteiger partial charge is 0.497 e. The van der Waals surface area contributed by atoms with Gasteiger partial charge in [-0.15, -0.1) is 0 Å². The van der Waals surface area contributed by atoms with E-state index in [1.165, 1.54) is 0 Å². The van der Waals surface area contributed by atoms with E-state index in [0.717, 1.165) is 26.0 Å². The average molecular weight is 405 g/mol. The van der Waals surface area contributed by atoms with E-state index in [-0.39, 0.29) is 5.60 Å². The summed E-state index contributed by atoms with van der Waals surface area (Å²) >= 11 is 2.28. The maximum Gasteiger partial charge on any atom is 0.293 e. The number of benzene rings is 1. The number of nitrogens with one attached hydrogen (secondary N) is 1. The zero-order valence-corrected chi connectivity index (χ0v) is 15.0. The van der Waals surface area contributed by atoms with Crippen molar-refractivity contribution in [3.05, 3.63) is 21.9 Å². The lowest BCUT2D eigenvalue weighted by Crippen LogP contribution is -2.17. The molecule has 0 fully saturated rings. The molecule has 0 saturated heterocycles. The highest BCUT2D eigenvalue weighted by atomic mass is 127. The molecular weight excluding hydrogens is 385 g/mol. The van der Waals surface area contributed by atoms with Crippen LogP contribution in [0.3, 0.4) is 0 Å². The van der Waals surface area contributed by atoms with Gasteiger partial charge in [-0.05, 0) is 49.4 Å². The minimum absolute atomic E-state index is 0.318. The highest BCUT2D eigenvalue weighted by Gasteiger charge is 2.09. The third kappa shape index (κ3) is 5.11. The Bertz CT molecular complexity index is 601. The van der Waals surface area contributed by atoms with E-state index in [4.69, 9.17) is 9.47 Å². The fraction of sp³-hybridized carbons (Fsp3) is 0.400. The molecule has 0 unspecified atom stereocenters. The first kappa shape index (κ1) is 17.6. The van der Waals surface area contributed by atoms with E-state index in [2.05, 4.69) is 32.3 Å². The Morgan fingerprint density at radius 2 is 1.86 bits per heavy atom. The van der Waals surface area contributed by atoms with Crippen LogP contribution in [0.2, 0.25) is 0 Å². The van der Waals surface area contributed by atoms with E-state index in [0.29, 0.717) is 6.47 Å². The fourth-order valence-electron chi connectivity index (χ4n) is 1.56. The van der Waals surface area contributed by atoms with Crippen molar-refractivity contribution in [1.82, 2.24) is 4.98 Å². The molecule has 0 aliphatic carbocycles. The number of halogens is 1. The molecule has 0 aliphatic rings. The summed E-state index contributed by atoms with van der Waals surface area (Å²) in [4.78, 5) is 12.8. The van der Waals surface area contributed by atoms with Crippen LogP contribution in [-0.4, -0.2) is 31.3 Å². The Morgan fingerprint density at radius 3 is 2.29 bits per heavy atom. The third-order valence-corrected chi connectivity index (χ3v) is 3.43. The van der Waals surface area contributed by atoms with Gasteiger partial charge in [0.25, 0.3) is 6.47 Å². The number of carbonyl (C=O) groups is 1. The molecule has 1 N–H and O–H groups in total. The number of aromatic nitrogens is 1. The van der Waals surface area contributed by atoms with E-state index < -0.39 is 0 Å². The van der Waals surface area contributed by atoms with Crippen LogP contribution >= 0.6 is 22.6 Å². The Hall–Kier alpha value is -1.44. The number of hydrogen-bond acceptors (Lipinski definition) is 4. The Kier molecular flexibility index (Phi) is 6.32. The van der Waals surface area contributed by atoms with Crippen LogP contribution in [0.15, 0.2) is 18.3 Å². The molecule has 6 heteroatoms. The van der Waals surface area contributed by atoms with Crippen molar-refractivity contribution in [3.63, 3.8) is 0 Å². The second-order valence-electron chi connectivity index (χ2n) is 5.22. The molecule has 1 aromatic carbocycles. The standard InChI is InChI=1S/C10H10INO2.C5H10O2/c1-13-6-3-7-8(11)5-12-10(7)9(4-6)14-2;1-5(2,3)7-4-6/h3-5,12H,1-2H3;4H,1-3H3. The maximum absolute atomic E-state index is 9.60. The van der Waals surface area contributed by atoms with Crippen molar-refractivity contribution in [2.75, 3.05) is 14.2 Å². The molecule has 0 atom stereocenters. The van der Waals surface area contributed by atoms with E-state index >= 15 is 0 Å². The molecule has 0 radical (unpaired) electrons. The van der Waals surface area contributed by atoms with Crippen molar-refractivity contribution in [2.24, 2.45) is 0 Å². The normalized spacial score (nSPS) is 10.6. The van der Waals surface area contributed by atoms with Crippen molar-refractivity contribution in [2.45, 2.75) is 26.4 Å². The van der Waals surface area contributed by atoms with Crippen LogP contribution in [0.4, 0.5) is 0 Å². The third-order valence-electron chi connectivity index (χ3n) is 2.53. The van der Waals surface area contributed by atoms with Crippen LogP contribution in [0, 0.1) is 3.57 Å². The molecule has 2 rings (SSSR count). The number of H-pyrrole nitrogens is 1. The van der Waals surface area contributed by atoms with Crippen LogP contribution in [-0.2, 0) is 9.53 Å². The van der Waals surface area contributed by atoms with Gasteiger partial charge in [-0.3, -0.25) is 4.79 Å². The summed E-state index contributed by atoms with van der Waals surface area (Å²) in [5.41, 5.74) is 0.694. The summed E-state index contributed by atoms with van der Waals surface area (Å²) in [6.07, 6.45) is 1.95. The summed E-state index contributed by atoms with van der Waals surface area (Å²) in [5.74, 6) is 1.62. The molecule has 1 aromatic heterocycles.